The summed E-state index contributed by atoms with van der Waals surface area (Å²) in [6.45, 7) is 8.69. The van der Waals surface area contributed by atoms with E-state index in [1.165, 1.54) is 0 Å². The van der Waals surface area contributed by atoms with Crippen molar-refractivity contribution >= 4 is 16.0 Å². The summed E-state index contributed by atoms with van der Waals surface area (Å²) in [5.41, 5.74) is 0.139. The van der Waals surface area contributed by atoms with Crippen LogP contribution in [-0.4, -0.2) is 70.4 Å². The van der Waals surface area contributed by atoms with Crippen LogP contribution in [0.3, 0.4) is 0 Å². The van der Waals surface area contributed by atoms with Gasteiger partial charge in [-0.05, 0) is 45.2 Å². The highest BCUT2D eigenvalue weighted by Crippen LogP contribution is 2.21. The summed E-state index contributed by atoms with van der Waals surface area (Å²) >= 11 is 0. The third-order valence-corrected chi connectivity index (χ3v) is 6.98. The van der Waals surface area contributed by atoms with Crippen LogP contribution in [-0.2, 0) is 26.0 Å². The molecule has 0 bridgehead atoms. The molecule has 1 aromatic carbocycles. The standard InChI is InChI=1S/C21H34N4O4S/c1-21(2,3)24-30(26,27)19-10-6-5-8-16(19)14-23-20(22-4)25-11-13-29-18(15-25)17-9-7-12-28-17/h5-6,8,10,17-18,24H,7,9,11-15H2,1-4H3,(H,22,23). The van der Waals surface area contributed by atoms with E-state index in [-0.39, 0.29) is 17.1 Å². The summed E-state index contributed by atoms with van der Waals surface area (Å²) in [6.07, 6.45) is 2.27. The number of aliphatic imine (C=N–C) groups is 1. The van der Waals surface area contributed by atoms with Crippen molar-refractivity contribution < 1.29 is 17.9 Å². The highest BCUT2D eigenvalue weighted by atomic mass is 32.2. The van der Waals surface area contributed by atoms with E-state index in [2.05, 4.69) is 19.9 Å². The molecule has 2 heterocycles. The van der Waals surface area contributed by atoms with Gasteiger partial charge < -0.3 is 19.7 Å². The van der Waals surface area contributed by atoms with Crippen LogP contribution >= 0.6 is 0 Å². The van der Waals surface area contributed by atoms with Gasteiger partial charge in [0, 0.05) is 38.8 Å². The third kappa shape index (κ3) is 5.94. The molecule has 0 spiro atoms. The van der Waals surface area contributed by atoms with Crippen LogP contribution in [0.25, 0.3) is 0 Å². The molecule has 2 saturated heterocycles. The van der Waals surface area contributed by atoms with Crippen LogP contribution in [0.4, 0.5) is 0 Å². The maximum absolute atomic E-state index is 12.9. The van der Waals surface area contributed by atoms with E-state index in [0.29, 0.717) is 25.3 Å². The van der Waals surface area contributed by atoms with Crippen LogP contribution in [0.15, 0.2) is 34.2 Å². The highest BCUT2D eigenvalue weighted by Gasteiger charge is 2.32. The largest absolute Gasteiger partial charge is 0.375 e. The van der Waals surface area contributed by atoms with Crippen LogP contribution in [0.2, 0.25) is 0 Å². The zero-order valence-electron chi connectivity index (χ0n) is 18.3. The van der Waals surface area contributed by atoms with E-state index >= 15 is 0 Å². The van der Waals surface area contributed by atoms with Gasteiger partial charge in [-0.3, -0.25) is 4.99 Å². The quantitative estimate of drug-likeness (QED) is 0.537. The van der Waals surface area contributed by atoms with Crippen LogP contribution < -0.4 is 10.0 Å². The van der Waals surface area contributed by atoms with E-state index in [4.69, 9.17) is 9.47 Å². The second-order valence-corrected chi connectivity index (χ2v) is 10.4. The molecule has 8 nitrogen and oxygen atoms in total. The van der Waals surface area contributed by atoms with Gasteiger partial charge in [-0.15, -0.1) is 0 Å². The topological polar surface area (TPSA) is 92.3 Å². The zero-order chi connectivity index (χ0) is 21.8. The van der Waals surface area contributed by atoms with Gasteiger partial charge in [-0.25, -0.2) is 13.1 Å². The van der Waals surface area contributed by atoms with Crippen molar-refractivity contribution in [3.05, 3.63) is 29.8 Å². The van der Waals surface area contributed by atoms with Crippen molar-refractivity contribution in [2.75, 3.05) is 33.4 Å². The summed E-state index contributed by atoms with van der Waals surface area (Å²) in [5, 5.41) is 3.33. The van der Waals surface area contributed by atoms with Gasteiger partial charge in [0.2, 0.25) is 10.0 Å². The van der Waals surface area contributed by atoms with Gasteiger partial charge >= 0.3 is 0 Å². The molecule has 3 rings (SSSR count). The number of hydrogen-bond donors (Lipinski definition) is 2. The van der Waals surface area contributed by atoms with Crippen molar-refractivity contribution in [3.8, 4) is 0 Å². The minimum atomic E-state index is -3.63. The normalized spacial score (nSPS) is 23.6. The highest BCUT2D eigenvalue weighted by molar-refractivity contribution is 7.89. The molecule has 2 fully saturated rings. The van der Waals surface area contributed by atoms with Gasteiger partial charge in [0.05, 0.1) is 17.6 Å². The Labute approximate surface area is 180 Å². The molecule has 0 amide bonds. The second kappa shape index (κ2) is 9.64. The van der Waals surface area contributed by atoms with Gasteiger partial charge in [0.1, 0.15) is 6.10 Å². The zero-order valence-corrected chi connectivity index (χ0v) is 19.2. The number of guanidine groups is 1. The van der Waals surface area contributed by atoms with E-state index < -0.39 is 15.6 Å². The number of morpholine rings is 1. The summed E-state index contributed by atoms with van der Waals surface area (Å²) in [5.74, 6) is 0.734. The fraction of sp³-hybridized carbons (Fsp3) is 0.667. The average Bonchev–Trinajstić information content (AvgIpc) is 3.22. The molecule has 1 aromatic rings. The minimum Gasteiger partial charge on any atom is -0.375 e. The molecule has 2 N–H and O–H groups in total. The molecule has 0 saturated carbocycles. The predicted molar refractivity (Wildman–Crippen MR) is 117 cm³/mol. The molecular formula is C21H34N4O4S. The van der Waals surface area contributed by atoms with E-state index in [9.17, 15) is 8.42 Å². The first-order chi connectivity index (χ1) is 14.2. The number of ether oxygens (including phenoxy) is 2. The van der Waals surface area contributed by atoms with Gasteiger partial charge in [-0.1, -0.05) is 18.2 Å². The van der Waals surface area contributed by atoms with Gasteiger partial charge in [0.15, 0.2) is 5.96 Å². The molecule has 168 valence electrons. The van der Waals surface area contributed by atoms with Gasteiger partial charge in [0.25, 0.3) is 0 Å². The molecule has 9 heteroatoms. The molecule has 0 radical (unpaired) electrons. The predicted octanol–water partition coefficient (Wildman–Crippen LogP) is 1.72. The first-order valence-electron chi connectivity index (χ1n) is 10.5. The lowest BCUT2D eigenvalue weighted by atomic mass is 10.1. The Morgan fingerprint density at radius 3 is 2.60 bits per heavy atom. The number of nitrogens with zero attached hydrogens (tertiary/aromatic N) is 2. The number of nitrogens with one attached hydrogen (secondary N) is 2. The lowest BCUT2D eigenvalue weighted by Gasteiger charge is -2.37. The lowest BCUT2D eigenvalue weighted by Crippen LogP contribution is -2.53. The molecule has 2 aliphatic heterocycles. The molecule has 30 heavy (non-hydrogen) atoms. The first-order valence-corrected chi connectivity index (χ1v) is 12.0. The summed E-state index contributed by atoms with van der Waals surface area (Å²) in [6, 6.07) is 7.05. The molecular weight excluding hydrogens is 404 g/mol. The average molecular weight is 439 g/mol. The Bertz CT molecular complexity index is 845. The number of rotatable bonds is 5. The minimum absolute atomic E-state index is 0.0310. The Kier molecular flexibility index (Phi) is 7.38. The van der Waals surface area contributed by atoms with Crippen LogP contribution in [0.5, 0.6) is 0 Å². The van der Waals surface area contributed by atoms with Crippen LogP contribution in [0.1, 0.15) is 39.2 Å². The Morgan fingerprint density at radius 1 is 1.20 bits per heavy atom. The molecule has 2 atom stereocenters. The summed E-state index contributed by atoms with van der Waals surface area (Å²) < 4.78 is 40.2. The van der Waals surface area contributed by atoms with Crippen molar-refractivity contribution in [2.24, 2.45) is 4.99 Å². The van der Waals surface area contributed by atoms with E-state index in [1.807, 2.05) is 32.9 Å². The Morgan fingerprint density at radius 2 is 1.93 bits per heavy atom. The fourth-order valence-corrected chi connectivity index (χ4v) is 5.52. The lowest BCUT2D eigenvalue weighted by molar-refractivity contribution is -0.0817. The maximum Gasteiger partial charge on any atom is 0.241 e. The Hall–Kier alpha value is -1.68. The van der Waals surface area contributed by atoms with E-state index in [0.717, 1.165) is 32.0 Å². The number of sulfonamides is 1. The van der Waals surface area contributed by atoms with Gasteiger partial charge in [-0.2, -0.15) is 0 Å². The number of benzene rings is 1. The third-order valence-electron chi connectivity index (χ3n) is 5.12. The fourth-order valence-electron chi connectivity index (χ4n) is 3.87. The van der Waals surface area contributed by atoms with Crippen molar-refractivity contribution in [1.82, 2.24) is 14.9 Å². The van der Waals surface area contributed by atoms with E-state index in [1.54, 1.807) is 19.2 Å². The second-order valence-electron chi connectivity index (χ2n) is 8.77. The van der Waals surface area contributed by atoms with Crippen LogP contribution in [0, 0.1) is 0 Å². The van der Waals surface area contributed by atoms with Crippen molar-refractivity contribution in [3.63, 3.8) is 0 Å². The smallest absolute Gasteiger partial charge is 0.241 e. The molecule has 0 aliphatic carbocycles. The maximum atomic E-state index is 12.9. The summed E-state index contributed by atoms with van der Waals surface area (Å²) in [4.78, 5) is 6.84. The van der Waals surface area contributed by atoms with Crippen molar-refractivity contribution in [1.29, 1.82) is 0 Å². The molecule has 2 unspecified atom stereocenters. The first kappa shape index (κ1) is 23.0. The van der Waals surface area contributed by atoms with Crippen molar-refractivity contribution in [2.45, 2.75) is 62.8 Å². The Balaban J connectivity index is 1.68. The summed E-state index contributed by atoms with van der Waals surface area (Å²) in [7, 11) is -1.89. The molecule has 0 aromatic heterocycles. The SMILES string of the molecule is CN=C(NCc1ccccc1S(=O)(=O)NC(C)(C)C)N1CCOC(C2CCCO2)C1. The monoisotopic (exact) mass is 438 g/mol. The molecule has 2 aliphatic rings. The number of hydrogen-bond acceptors (Lipinski definition) is 5.